The number of rotatable bonds is 5. The van der Waals surface area contributed by atoms with Gasteiger partial charge in [0.1, 0.15) is 5.75 Å². The van der Waals surface area contributed by atoms with Gasteiger partial charge in [-0.15, -0.1) is 0 Å². The highest BCUT2D eigenvalue weighted by Crippen LogP contribution is 2.45. The highest BCUT2D eigenvalue weighted by molar-refractivity contribution is 7.92. The molecule has 3 heterocycles. The van der Waals surface area contributed by atoms with Crippen molar-refractivity contribution in [3.8, 4) is 28.4 Å². The fourth-order valence-corrected chi connectivity index (χ4v) is 6.87. The van der Waals surface area contributed by atoms with Gasteiger partial charge in [0.2, 0.25) is 0 Å². The number of hydrogen-bond donors (Lipinski definition) is 2. The number of sulfone groups is 1. The summed E-state index contributed by atoms with van der Waals surface area (Å²) in [6.45, 7) is 8.36. The standard InChI is InChI=1S/C28H32ClN3O3S.H4N2/c1-17(2)36(33,34)24-8-6-5-7-20(24)26-23(29)16-30-28(31-26)22-15-18(3)25(21-11-14-35-27(21)22)19-9-12-32(4)13-10-19;1-2/h5-8,15-17,19H,9-14H2,1-4H3;1-2H2. The molecule has 0 saturated carbocycles. The number of nitrogens with two attached hydrogens (primary N) is 2. The van der Waals surface area contributed by atoms with Crippen molar-refractivity contribution in [2.75, 3.05) is 26.7 Å². The van der Waals surface area contributed by atoms with Crippen LogP contribution in [0, 0.1) is 6.92 Å². The zero-order chi connectivity index (χ0) is 27.6. The Bertz CT molecular complexity index is 1420. The Labute approximate surface area is 230 Å². The molecule has 0 atom stereocenters. The van der Waals surface area contributed by atoms with Gasteiger partial charge < -0.3 is 9.64 Å². The second-order valence-electron chi connectivity index (χ2n) is 10.1. The fourth-order valence-electron chi connectivity index (χ4n) is 5.43. The zero-order valence-electron chi connectivity index (χ0n) is 22.4. The van der Waals surface area contributed by atoms with Gasteiger partial charge in [-0.05, 0) is 82.9 Å². The Balaban J connectivity index is 0.00000164. The highest BCUT2D eigenvalue weighted by Gasteiger charge is 2.30. The number of aromatic nitrogens is 2. The summed E-state index contributed by atoms with van der Waals surface area (Å²) in [5.41, 5.74) is 5.64. The van der Waals surface area contributed by atoms with Crippen LogP contribution >= 0.6 is 11.6 Å². The van der Waals surface area contributed by atoms with E-state index in [0.717, 1.165) is 43.7 Å². The van der Waals surface area contributed by atoms with Gasteiger partial charge >= 0.3 is 0 Å². The molecule has 10 heteroatoms. The summed E-state index contributed by atoms with van der Waals surface area (Å²) in [6.07, 6.45) is 4.72. The zero-order valence-corrected chi connectivity index (χ0v) is 23.9. The molecule has 204 valence electrons. The summed E-state index contributed by atoms with van der Waals surface area (Å²) in [5, 5.41) is -0.257. The molecular weight excluding hydrogens is 522 g/mol. The van der Waals surface area contributed by atoms with Crippen molar-refractivity contribution in [1.82, 2.24) is 14.9 Å². The number of nitrogens with zero attached hydrogens (tertiary/aromatic N) is 3. The number of halogens is 1. The van der Waals surface area contributed by atoms with Gasteiger partial charge in [0.05, 0.1) is 39.2 Å². The monoisotopic (exact) mass is 557 g/mol. The van der Waals surface area contributed by atoms with E-state index in [1.807, 2.05) is 0 Å². The van der Waals surface area contributed by atoms with Crippen LogP contribution < -0.4 is 16.4 Å². The van der Waals surface area contributed by atoms with Crippen LogP contribution in [0.1, 0.15) is 49.3 Å². The Morgan fingerprint density at radius 3 is 2.50 bits per heavy atom. The Kier molecular flexibility index (Phi) is 8.74. The molecule has 5 rings (SSSR count). The maximum atomic E-state index is 13.1. The minimum absolute atomic E-state index is 0.224. The summed E-state index contributed by atoms with van der Waals surface area (Å²) >= 11 is 6.55. The molecule has 2 aliphatic rings. The first-order chi connectivity index (χ1) is 18.2. The molecule has 1 aromatic heterocycles. The molecule has 2 aromatic carbocycles. The molecule has 8 nitrogen and oxygen atoms in total. The third-order valence-electron chi connectivity index (χ3n) is 7.41. The number of aryl methyl sites for hydroxylation is 1. The van der Waals surface area contributed by atoms with Crippen LogP contribution in [-0.2, 0) is 16.3 Å². The maximum Gasteiger partial charge on any atom is 0.181 e. The molecule has 38 heavy (non-hydrogen) atoms. The number of piperidine rings is 1. The maximum absolute atomic E-state index is 13.1. The van der Waals surface area contributed by atoms with Gasteiger partial charge in [-0.1, -0.05) is 29.8 Å². The Hall–Kier alpha value is -2.56. The average molecular weight is 558 g/mol. The molecule has 0 bridgehead atoms. The van der Waals surface area contributed by atoms with Gasteiger partial charge in [0.15, 0.2) is 15.7 Å². The normalized spacial score (nSPS) is 16.1. The summed E-state index contributed by atoms with van der Waals surface area (Å²) in [6, 6.07) is 9.02. The van der Waals surface area contributed by atoms with E-state index < -0.39 is 15.1 Å². The van der Waals surface area contributed by atoms with Crippen LogP contribution in [-0.4, -0.2) is 55.3 Å². The smallest absolute Gasteiger partial charge is 0.181 e. The molecule has 1 saturated heterocycles. The van der Waals surface area contributed by atoms with Crippen molar-refractivity contribution in [2.24, 2.45) is 11.7 Å². The van der Waals surface area contributed by atoms with Crippen LogP contribution in [0.3, 0.4) is 0 Å². The first-order valence-corrected chi connectivity index (χ1v) is 14.8. The van der Waals surface area contributed by atoms with Crippen molar-refractivity contribution < 1.29 is 13.2 Å². The lowest BCUT2D eigenvalue weighted by atomic mass is 9.82. The van der Waals surface area contributed by atoms with Crippen molar-refractivity contribution in [3.05, 3.63) is 58.2 Å². The van der Waals surface area contributed by atoms with Gasteiger partial charge in [-0.25, -0.2) is 18.4 Å². The van der Waals surface area contributed by atoms with Gasteiger partial charge in [0.25, 0.3) is 0 Å². The lowest BCUT2D eigenvalue weighted by Gasteiger charge is -2.31. The first-order valence-electron chi connectivity index (χ1n) is 12.9. The molecule has 3 aromatic rings. The highest BCUT2D eigenvalue weighted by atomic mass is 35.5. The van der Waals surface area contributed by atoms with Crippen LogP contribution in [0.15, 0.2) is 41.4 Å². The molecule has 4 N–H and O–H groups in total. The number of benzene rings is 2. The molecular formula is C28H36ClN5O3S. The largest absolute Gasteiger partial charge is 0.492 e. The predicted molar refractivity (Wildman–Crippen MR) is 152 cm³/mol. The van der Waals surface area contributed by atoms with Crippen molar-refractivity contribution >= 4 is 21.4 Å². The Morgan fingerprint density at radius 2 is 1.82 bits per heavy atom. The molecule has 0 radical (unpaired) electrons. The van der Waals surface area contributed by atoms with E-state index in [9.17, 15) is 8.42 Å². The lowest BCUT2D eigenvalue weighted by molar-refractivity contribution is 0.254. The van der Waals surface area contributed by atoms with Crippen molar-refractivity contribution in [3.63, 3.8) is 0 Å². The van der Waals surface area contributed by atoms with Crippen LogP contribution in [0.2, 0.25) is 5.02 Å². The number of hydrazine groups is 1. The topological polar surface area (TPSA) is 124 Å². The van der Waals surface area contributed by atoms with E-state index in [1.54, 1.807) is 44.3 Å². The summed E-state index contributed by atoms with van der Waals surface area (Å²) in [5.74, 6) is 9.87. The molecule has 2 aliphatic heterocycles. The van der Waals surface area contributed by atoms with E-state index in [0.29, 0.717) is 34.6 Å². The minimum atomic E-state index is -3.54. The fraction of sp³-hybridized carbons (Fsp3) is 0.429. The van der Waals surface area contributed by atoms with Crippen LogP contribution in [0.25, 0.3) is 22.6 Å². The predicted octanol–water partition coefficient (Wildman–Crippen LogP) is 4.52. The van der Waals surface area contributed by atoms with Gasteiger partial charge in [-0.2, -0.15) is 0 Å². The van der Waals surface area contributed by atoms with Crippen LogP contribution in [0.5, 0.6) is 5.75 Å². The van der Waals surface area contributed by atoms with E-state index in [4.69, 9.17) is 21.3 Å². The molecule has 1 fully saturated rings. The molecule has 0 spiro atoms. The van der Waals surface area contributed by atoms with Crippen molar-refractivity contribution in [1.29, 1.82) is 0 Å². The van der Waals surface area contributed by atoms with E-state index in [-0.39, 0.29) is 4.90 Å². The third kappa shape index (κ3) is 5.31. The SMILES string of the molecule is Cc1cc(-c2ncc(Cl)c(-c3ccccc3S(=O)(=O)C(C)C)n2)c2c(c1C1CCN(C)CC1)CCO2.NN. The number of hydrogen-bond acceptors (Lipinski definition) is 8. The summed E-state index contributed by atoms with van der Waals surface area (Å²) < 4.78 is 32.3. The molecule has 0 aliphatic carbocycles. The van der Waals surface area contributed by atoms with Crippen LogP contribution in [0.4, 0.5) is 0 Å². The quantitative estimate of drug-likeness (QED) is 0.346. The molecule has 0 amide bonds. The number of fused-ring (bicyclic) bond motifs is 1. The first kappa shape index (κ1) is 28.4. The average Bonchev–Trinajstić information content (AvgIpc) is 3.40. The summed E-state index contributed by atoms with van der Waals surface area (Å²) in [4.78, 5) is 12.0. The van der Waals surface area contributed by atoms with E-state index in [1.165, 1.54) is 16.7 Å². The van der Waals surface area contributed by atoms with E-state index >= 15 is 0 Å². The lowest BCUT2D eigenvalue weighted by Crippen LogP contribution is -2.29. The summed E-state index contributed by atoms with van der Waals surface area (Å²) in [7, 11) is -1.36. The van der Waals surface area contributed by atoms with Gasteiger partial charge in [0, 0.05) is 17.5 Å². The number of ether oxygens (including phenoxy) is 1. The number of likely N-dealkylation sites (tertiary alicyclic amines) is 1. The molecule has 0 unspecified atom stereocenters. The van der Waals surface area contributed by atoms with Gasteiger partial charge in [-0.3, -0.25) is 11.7 Å². The second-order valence-corrected chi connectivity index (χ2v) is 13.0. The van der Waals surface area contributed by atoms with E-state index in [2.05, 4.69) is 41.6 Å². The minimum Gasteiger partial charge on any atom is -0.492 e. The second kappa shape index (κ2) is 11.7. The Morgan fingerprint density at radius 1 is 1.13 bits per heavy atom. The van der Waals surface area contributed by atoms with Crippen molar-refractivity contribution in [2.45, 2.75) is 56.1 Å². The third-order valence-corrected chi connectivity index (χ3v) is 9.90.